The van der Waals surface area contributed by atoms with Crippen LogP contribution in [-0.2, 0) is 4.79 Å². The number of allylic oxidation sites excluding steroid dienone is 1. The van der Waals surface area contributed by atoms with Crippen LogP contribution in [0.5, 0.6) is 0 Å². The lowest BCUT2D eigenvalue weighted by Crippen LogP contribution is -1.96. The quantitative estimate of drug-likeness (QED) is 0.578. The first-order chi connectivity index (χ1) is 7.63. The molecule has 1 nitrogen and oxygen atoms in total. The molecular weight excluding hydrogens is 318 g/mol. The van der Waals surface area contributed by atoms with Gasteiger partial charge in [0.15, 0.2) is 5.78 Å². The fourth-order valence-corrected chi connectivity index (χ4v) is 1.87. The van der Waals surface area contributed by atoms with Crippen molar-refractivity contribution in [2.24, 2.45) is 0 Å². The Hall–Kier alpha value is -0.710. The molecule has 0 spiro atoms. The lowest BCUT2D eigenvalue weighted by molar-refractivity contribution is -0.114. The maximum absolute atomic E-state index is 12.7. The summed E-state index contributed by atoms with van der Waals surface area (Å²) in [6, 6.07) is 6.13. The molecule has 0 bridgehead atoms. The standard InChI is InChI=1S/C13H14FIO/c1-2-3-4-13(16)12(15)9-10-5-7-11(14)8-6-10/h5-9H,2-4H2,1H3/b12-9-. The second kappa shape index (κ2) is 6.78. The number of hydrogen-bond acceptors (Lipinski definition) is 1. The van der Waals surface area contributed by atoms with Gasteiger partial charge in [-0.25, -0.2) is 4.39 Å². The van der Waals surface area contributed by atoms with Gasteiger partial charge in [0.25, 0.3) is 0 Å². The van der Waals surface area contributed by atoms with Crippen LogP contribution in [0.3, 0.4) is 0 Å². The molecular formula is C13H14FIO. The van der Waals surface area contributed by atoms with Gasteiger partial charge in [0, 0.05) is 6.42 Å². The Morgan fingerprint density at radius 1 is 1.38 bits per heavy atom. The molecule has 1 aromatic rings. The van der Waals surface area contributed by atoms with E-state index in [0.29, 0.717) is 10.0 Å². The molecule has 0 atom stereocenters. The Labute approximate surface area is 109 Å². The molecule has 0 aliphatic heterocycles. The smallest absolute Gasteiger partial charge is 0.168 e. The molecule has 0 N–H and O–H groups in total. The second-order valence-corrected chi connectivity index (χ2v) is 4.73. The topological polar surface area (TPSA) is 17.1 Å². The molecule has 0 heterocycles. The first kappa shape index (κ1) is 13.4. The van der Waals surface area contributed by atoms with Crippen LogP contribution in [0.2, 0.25) is 0 Å². The summed E-state index contributed by atoms with van der Waals surface area (Å²) in [5.41, 5.74) is 0.857. The van der Waals surface area contributed by atoms with Crippen LogP contribution >= 0.6 is 22.6 Å². The zero-order valence-electron chi connectivity index (χ0n) is 9.17. The molecule has 3 heteroatoms. The number of halogens is 2. The van der Waals surface area contributed by atoms with Crippen molar-refractivity contribution in [3.8, 4) is 0 Å². The average Bonchev–Trinajstić information content (AvgIpc) is 2.29. The minimum atomic E-state index is -0.260. The Balaban J connectivity index is 2.68. The lowest BCUT2D eigenvalue weighted by atomic mass is 10.1. The summed E-state index contributed by atoms with van der Waals surface area (Å²) in [4.78, 5) is 11.6. The van der Waals surface area contributed by atoms with Gasteiger partial charge in [0.2, 0.25) is 0 Å². The van der Waals surface area contributed by atoms with Gasteiger partial charge in [0.05, 0.1) is 3.58 Å². The van der Waals surface area contributed by atoms with Crippen molar-refractivity contribution in [3.63, 3.8) is 0 Å². The SMILES string of the molecule is CCCCC(=O)/C(I)=C/c1ccc(F)cc1. The Kier molecular flexibility index (Phi) is 5.66. The fraction of sp³-hybridized carbons (Fsp3) is 0.308. The summed E-state index contributed by atoms with van der Waals surface area (Å²) < 4.78 is 13.4. The lowest BCUT2D eigenvalue weighted by Gasteiger charge is -1.99. The first-order valence-electron chi connectivity index (χ1n) is 5.29. The molecule has 0 saturated heterocycles. The van der Waals surface area contributed by atoms with Gasteiger partial charge in [-0.3, -0.25) is 4.79 Å². The van der Waals surface area contributed by atoms with E-state index in [4.69, 9.17) is 0 Å². The number of hydrogen-bond donors (Lipinski definition) is 0. The molecule has 0 radical (unpaired) electrons. The van der Waals surface area contributed by atoms with E-state index < -0.39 is 0 Å². The van der Waals surface area contributed by atoms with Gasteiger partial charge in [-0.05, 0) is 52.8 Å². The summed E-state index contributed by atoms with van der Waals surface area (Å²) >= 11 is 2.04. The normalized spacial score (nSPS) is 11.6. The van der Waals surface area contributed by atoms with Crippen LogP contribution in [0.1, 0.15) is 31.7 Å². The summed E-state index contributed by atoms with van der Waals surface area (Å²) in [6.45, 7) is 2.06. The molecule has 1 aromatic carbocycles. The minimum Gasteiger partial charge on any atom is -0.294 e. The first-order valence-corrected chi connectivity index (χ1v) is 6.37. The van der Waals surface area contributed by atoms with Gasteiger partial charge in [-0.15, -0.1) is 0 Å². The van der Waals surface area contributed by atoms with Gasteiger partial charge in [-0.2, -0.15) is 0 Å². The van der Waals surface area contributed by atoms with Crippen LogP contribution in [0.15, 0.2) is 27.8 Å². The van der Waals surface area contributed by atoms with E-state index in [1.807, 2.05) is 22.6 Å². The molecule has 0 unspecified atom stereocenters. The van der Waals surface area contributed by atoms with Crippen molar-refractivity contribution < 1.29 is 9.18 Å². The molecule has 16 heavy (non-hydrogen) atoms. The van der Waals surface area contributed by atoms with Crippen molar-refractivity contribution in [1.82, 2.24) is 0 Å². The number of carbonyl (C=O) groups is 1. The molecule has 0 fully saturated rings. The highest BCUT2D eigenvalue weighted by atomic mass is 127. The van der Waals surface area contributed by atoms with Crippen LogP contribution in [0.25, 0.3) is 6.08 Å². The van der Waals surface area contributed by atoms with Gasteiger partial charge in [-0.1, -0.05) is 25.5 Å². The monoisotopic (exact) mass is 332 g/mol. The van der Waals surface area contributed by atoms with Crippen LogP contribution in [0, 0.1) is 5.82 Å². The van der Waals surface area contributed by atoms with E-state index in [0.717, 1.165) is 18.4 Å². The number of carbonyl (C=O) groups excluding carboxylic acids is 1. The van der Waals surface area contributed by atoms with E-state index in [-0.39, 0.29) is 11.6 Å². The third-order valence-corrected chi connectivity index (χ3v) is 3.10. The highest BCUT2D eigenvalue weighted by molar-refractivity contribution is 14.1. The van der Waals surface area contributed by atoms with E-state index >= 15 is 0 Å². The fourth-order valence-electron chi connectivity index (χ4n) is 1.24. The predicted octanol–water partition coefficient (Wildman–Crippen LogP) is 4.36. The summed E-state index contributed by atoms with van der Waals surface area (Å²) in [7, 11) is 0. The molecule has 86 valence electrons. The Bertz CT molecular complexity index is 381. The van der Waals surface area contributed by atoms with E-state index in [2.05, 4.69) is 6.92 Å². The van der Waals surface area contributed by atoms with Gasteiger partial charge < -0.3 is 0 Å². The van der Waals surface area contributed by atoms with Crippen LogP contribution in [-0.4, -0.2) is 5.78 Å². The van der Waals surface area contributed by atoms with Crippen molar-refractivity contribution in [2.45, 2.75) is 26.2 Å². The zero-order valence-corrected chi connectivity index (χ0v) is 11.3. The number of ketones is 1. The maximum Gasteiger partial charge on any atom is 0.168 e. The average molecular weight is 332 g/mol. The van der Waals surface area contributed by atoms with E-state index in [9.17, 15) is 9.18 Å². The number of benzene rings is 1. The van der Waals surface area contributed by atoms with Gasteiger partial charge in [0.1, 0.15) is 5.82 Å². The zero-order chi connectivity index (χ0) is 12.0. The molecule has 0 aliphatic carbocycles. The molecule has 0 aromatic heterocycles. The number of Topliss-reactive ketones (excluding diaryl/α,β-unsaturated/α-hetero) is 1. The Morgan fingerprint density at radius 2 is 2.00 bits per heavy atom. The van der Waals surface area contributed by atoms with Crippen LogP contribution < -0.4 is 0 Å². The van der Waals surface area contributed by atoms with Crippen molar-refractivity contribution in [3.05, 3.63) is 39.2 Å². The highest BCUT2D eigenvalue weighted by Gasteiger charge is 2.05. The summed E-state index contributed by atoms with van der Waals surface area (Å²) in [5.74, 6) is -0.101. The highest BCUT2D eigenvalue weighted by Crippen LogP contribution is 2.17. The summed E-state index contributed by atoms with van der Waals surface area (Å²) in [5, 5.41) is 0. The predicted molar refractivity (Wildman–Crippen MR) is 72.9 cm³/mol. The third-order valence-electron chi connectivity index (χ3n) is 2.19. The molecule has 0 saturated carbocycles. The number of rotatable bonds is 5. The largest absolute Gasteiger partial charge is 0.294 e. The maximum atomic E-state index is 12.7. The second-order valence-electron chi connectivity index (χ2n) is 3.57. The minimum absolute atomic E-state index is 0.159. The van der Waals surface area contributed by atoms with E-state index in [1.165, 1.54) is 12.1 Å². The number of unbranched alkanes of at least 4 members (excludes halogenated alkanes) is 1. The molecule has 0 aliphatic rings. The summed E-state index contributed by atoms with van der Waals surface area (Å²) in [6.07, 6.45) is 4.32. The Morgan fingerprint density at radius 3 is 2.56 bits per heavy atom. The third kappa shape index (κ3) is 4.43. The van der Waals surface area contributed by atoms with Crippen molar-refractivity contribution in [1.29, 1.82) is 0 Å². The van der Waals surface area contributed by atoms with E-state index in [1.54, 1.807) is 18.2 Å². The van der Waals surface area contributed by atoms with Crippen LogP contribution in [0.4, 0.5) is 4.39 Å². The van der Waals surface area contributed by atoms with Crippen molar-refractivity contribution >= 4 is 34.5 Å². The molecule has 0 amide bonds. The van der Waals surface area contributed by atoms with Crippen molar-refractivity contribution in [2.75, 3.05) is 0 Å². The molecule has 1 rings (SSSR count). The van der Waals surface area contributed by atoms with Gasteiger partial charge >= 0.3 is 0 Å².